The van der Waals surface area contributed by atoms with Crippen molar-refractivity contribution in [2.45, 2.75) is 32.9 Å². The third-order valence-corrected chi connectivity index (χ3v) is 4.97. The number of hydrogen-bond acceptors (Lipinski definition) is 8. The van der Waals surface area contributed by atoms with E-state index in [1.807, 2.05) is 15.6 Å². The second kappa shape index (κ2) is 8.87. The molecule has 0 aliphatic carbocycles. The van der Waals surface area contributed by atoms with E-state index in [0.29, 0.717) is 43.1 Å². The van der Waals surface area contributed by atoms with Crippen LogP contribution in [0.1, 0.15) is 25.4 Å². The third kappa shape index (κ3) is 5.09. The summed E-state index contributed by atoms with van der Waals surface area (Å²) in [6.07, 6.45) is 2.79. The zero-order valence-electron chi connectivity index (χ0n) is 18.0. The van der Waals surface area contributed by atoms with Crippen LogP contribution in [-0.2, 0) is 23.8 Å². The van der Waals surface area contributed by atoms with Gasteiger partial charge in [-0.25, -0.2) is 15.0 Å². The number of carbonyl (C=O) groups excluding carboxylic acids is 1. The van der Waals surface area contributed by atoms with E-state index in [2.05, 4.69) is 36.8 Å². The molecule has 12 heteroatoms. The highest BCUT2D eigenvalue weighted by Crippen LogP contribution is 2.32. The number of anilines is 3. The van der Waals surface area contributed by atoms with E-state index in [9.17, 15) is 13.6 Å². The lowest BCUT2D eigenvalue weighted by molar-refractivity contribution is -0.114. The van der Waals surface area contributed by atoms with Crippen LogP contribution in [0, 0.1) is 11.3 Å². The van der Waals surface area contributed by atoms with Crippen LogP contribution in [0.5, 0.6) is 0 Å². The van der Waals surface area contributed by atoms with Gasteiger partial charge in [-0.2, -0.15) is 19.1 Å². The van der Waals surface area contributed by atoms with Crippen molar-refractivity contribution in [2.24, 2.45) is 0 Å². The van der Waals surface area contributed by atoms with E-state index in [1.54, 1.807) is 12.3 Å². The van der Waals surface area contributed by atoms with Crippen molar-refractivity contribution >= 4 is 23.2 Å². The van der Waals surface area contributed by atoms with E-state index in [1.165, 1.54) is 19.2 Å². The van der Waals surface area contributed by atoms with Crippen molar-refractivity contribution in [2.75, 3.05) is 23.7 Å². The number of aromatic nitrogens is 5. The van der Waals surface area contributed by atoms with Gasteiger partial charge in [0.05, 0.1) is 36.2 Å². The van der Waals surface area contributed by atoms with E-state index in [4.69, 9.17) is 5.26 Å². The number of fused-ring (bicyclic) bond motifs is 1. The molecule has 3 aromatic rings. The minimum Gasteiger partial charge on any atom is -0.339 e. The van der Waals surface area contributed by atoms with Crippen molar-refractivity contribution in [3.8, 4) is 17.3 Å². The number of pyridine rings is 1. The molecule has 0 saturated carbocycles. The molecule has 170 valence electrons. The summed E-state index contributed by atoms with van der Waals surface area (Å²) in [5.74, 6) is -3.66. The van der Waals surface area contributed by atoms with Gasteiger partial charge < -0.3 is 10.6 Å². The third-order valence-electron chi connectivity index (χ3n) is 4.97. The highest BCUT2D eigenvalue weighted by Gasteiger charge is 2.28. The summed E-state index contributed by atoms with van der Waals surface area (Å²) in [6, 6.07) is 7.11. The summed E-state index contributed by atoms with van der Waals surface area (Å²) in [5.41, 5.74) is 2.63. The lowest BCUT2D eigenvalue weighted by Gasteiger charge is -2.24. The van der Waals surface area contributed by atoms with Gasteiger partial charge in [0.2, 0.25) is 11.7 Å². The maximum atomic E-state index is 13.7. The Kier molecular flexibility index (Phi) is 5.97. The first-order valence-corrected chi connectivity index (χ1v) is 10.2. The number of amides is 1. The average molecular weight is 453 g/mol. The highest BCUT2D eigenvalue weighted by molar-refractivity contribution is 5.89. The normalized spacial score (nSPS) is 13.8. The summed E-state index contributed by atoms with van der Waals surface area (Å²) < 4.78 is 29.3. The molecule has 0 fully saturated rings. The van der Waals surface area contributed by atoms with Crippen molar-refractivity contribution in [1.82, 2.24) is 29.6 Å². The zero-order chi connectivity index (χ0) is 23.6. The first-order chi connectivity index (χ1) is 15.7. The maximum absolute atomic E-state index is 13.7. The predicted octanol–water partition coefficient (Wildman–Crippen LogP) is 2.89. The van der Waals surface area contributed by atoms with Crippen LogP contribution in [0.2, 0.25) is 0 Å². The van der Waals surface area contributed by atoms with Crippen LogP contribution >= 0.6 is 0 Å². The molecule has 1 amide bonds. The number of nitrogens with one attached hydrogen (secondary N) is 2. The fourth-order valence-corrected chi connectivity index (χ4v) is 3.48. The lowest BCUT2D eigenvalue weighted by atomic mass is 10.1. The van der Waals surface area contributed by atoms with Crippen LogP contribution in [0.3, 0.4) is 0 Å². The number of nitriles is 1. The van der Waals surface area contributed by atoms with Crippen LogP contribution in [0.25, 0.3) is 11.3 Å². The Morgan fingerprint density at radius 3 is 2.82 bits per heavy atom. The molecule has 1 aliphatic rings. The van der Waals surface area contributed by atoms with Crippen molar-refractivity contribution in [3.05, 3.63) is 42.1 Å². The predicted molar refractivity (Wildman–Crippen MR) is 116 cm³/mol. The van der Waals surface area contributed by atoms with Gasteiger partial charge >= 0.3 is 5.92 Å². The number of carbonyl (C=O) groups is 1. The van der Waals surface area contributed by atoms with Gasteiger partial charge in [-0.1, -0.05) is 0 Å². The second-order valence-electron chi connectivity index (χ2n) is 7.69. The first kappa shape index (κ1) is 22.2. The molecule has 0 bridgehead atoms. The fourth-order valence-electron chi connectivity index (χ4n) is 3.48. The molecule has 0 unspecified atom stereocenters. The van der Waals surface area contributed by atoms with Gasteiger partial charge in [0.1, 0.15) is 11.6 Å². The van der Waals surface area contributed by atoms with Crippen LogP contribution in [-0.4, -0.2) is 48.6 Å². The molecule has 0 radical (unpaired) electrons. The van der Waals surface area contributed by atoms with E-state index >= 15 is 0 Å². The number of alkyl halides is 2. The summed E-state index contributed by atoms with van der Waals surface area (Å²) in [6.45, 7) is 4.35. The summed E-state index contributed by atoms with van der Waals surface area (Å²) in [4.78, 5) is 25.3. The summed E-state index contributed by atoms with van der Waals surface area (Å²) in [7, 11) is 0. The molecule has 33 heavy (non-hydrogen) atoms. The Bertz CT molecular complexity index is 1230. The first-order valence-electron chi connectivity index (χ1n) is 10.2. The van der Waals surface area contributed by atoms with Crippen LogP contribution < -0.4 is 10.6 Å². The molecule has 1 aliphatic heterocycles. The minimum atomic E-state index is -3.20. The zero-order valence-corrected chi connectivity index (χ0v) is 18.0. The average Bonchev–Trinajstić information content (AvgIpc) is 3.16. The molecule has 4 heterocycles. The van der Waals surface area contributed by atoms with Gasteiger partial charge in [0, 0.05) is 51.0 Å². The van der Waals surface area contributed by atoms with Crippen LogP contribution in [0.4, 0.5) is 26.1 Å². The number of halogens is 2. The summed E-state index contributed by atoms with van der Waals surface area (Å²) in [5, 5.41) is 19.3. The monoisotopic (exact) mass is 453 g/mol. The molecule has 2 N–H and O–H groups in total. The van der Waals surface area contributed by atoms with Crippen LogP contribution in [0.15, 0.2) is 30.6 Å². The number of rotatable bonds is 6. The number of nitrogens with zero attached hydrogens (tertiary/aromatic N) is 7. The molecule has 4 rings (SSSR count). The SMILES string of the molecule is CC(=O)Nc1cc(Nc2ccnc(C(C)(F)F)n2)c(-c2cc3n(n2)CCN(CC#N)C3)cn1. The Morgan fingerprint density at radius 1 is 1.27 bits per heavy atom. The largest absolute Gasteiger partial charge is 0.339 e. The van der Waals surface area contributed by atoms with Gasteiger partial charge in [-0.05, 0) is 12.1 Å². The molecule has 0 spiro atoms. The lowest BCUT2D eigenvalue weighted by Crippen LogP contribution is -2.33. The molecular weight excluding hydrogens is 432 g/mol. The van der Waals surface area contributed by atoms with Crippen molar-refractivity contribution < 1.29 is 13.6 Å². The Balaban J connectivity index is 1.71. The molecule has 10 nitrogen and oxygen atoms in total. The molecule has 0 aromatic carbocycles. The van der Waals surface area contributed by atoms with Crippen molar-refractivity contribution in [1.29, 1.82) is 5.26 Å². The maximum Gasteiger partial charge on any atom is 0.303 e. The van der Waals surface area contributed by atoms with Gasteiger partial charge in [0.15, 0.2) is 0 Å². The van der Waals surface area contributed by atoms with Gasteiger partial charge in [-0.3, -0.25) is 14.4 Å². The van der Waals surface area contributed by atoms with Gasteiger partial charge in [0.25, 0.3) is 0 Å². The van der Waals surface area contributed by atoms with E-state index < -0.39 is 11.7 Å². The Labute approximate surface area is 188 Å². The summed E-state index contributed by atoms with van der Waals surface area (Å²) >= 11 is 0. The quantitative estimate of drug-likeness (QED) is 0.546. The molecular formula is C21H21F2N9O. The van der Waals surface area contributed by atoms with Gasteiger partial charge in [-0.15, -0.1) is 0 Å². The fraction of sp³-hybridized carbons (Fsp3) is 0.333. The molecule has 3 aromatic heterocycles. The van der Waals surface area contributed by atoms with E-state index in [-0.39, 0.29) is 17.5 Å². The standard InChI is InChI=1S/C21H21F2N9O/c1-13(33)27-19-10-16(28-18-3-5-25-20(29-18)21(2,22)23)15(11-26-19)17-9-14-12-31(6-4-24)7-8-32(14)30-17/h3,5,9-11H,6-8,12H2,1-2H3,(H2,25,26,27,28,29,33). The molecule has 0 saturated heterocycles. The highest BCUT2D eigenvalue weighted by atomic mass is 19.3. The minimum absolute atomic E-state index is 0.159. The number of hydrogen-bond donors (Lipinski definition) is 2. The molecule has 0 atom stereocenters. The van der Waals surface area contributed by atoms with Crippen molar-refractivity contribution in [3.63, 3.8) is 0 Å². The topological polar surface area (TPSA) is 125 Å². The van der Waals surface area contributed by atoms with E-state index in [0.717, 1.165) is 12.6 Å². The smallest absolute Gasteiger partial charge is 0.303 e. The second-order valence-corrected chi connectivity index (χ2v) is 7.69. The Morgan fingerprint density at radius 2 is 2.09 bits per heavy atom. The Hall–Kier alpha value is -3.98.